The van der Waals surface area contributed by atoms with Gasteiger partial charge in [0.1, 0.15) is 0 Å². The van der Waals surface area contributed by atoms with Gasteiger partial charge in [-0.1, -0.05) is 11.6 Å². The predicted molar refractivity (Wildman–Crippen MR) is 91.4 cm³/mol. The molecule has 1 amide bonds. The molecule has 6 nitrogen and oxygen atoms in total. The fraction of sp³-hybridized carbons (Fsp3) is 0.133. The zero-order chi connectivity index (χ0) is 16.6. The maximum Gasteiger partial charge on any atom is 0.259 e. The van der Waals surface area contributed by atoms with Crippen LogP contribution in [0.2, 0.25) is 5.02 Å². The number of thiazole rings is 1. The van der Waals surface area contributed by atoms with Crippen molar-refractivity contribution in [3.8, 4) is 0 Å². The zero-order valence-electron chi connectivity index (χ0n) is 12.2. The normalized spacial score (nSPS) is 10.9. The largest absolute Gasteiger partial charge is 0.379 e. The molecule has 3 aromatic rings. The quantitative estimate of drug-likeness (QED) is 0.757. The molecule has 23 heavy (non-hydrogen) atoms. The molecule has 0 atom stereocenters. The molecule has 0 saturated carbocycles. The Kier molecular flexibility index (Phi) is 4.06. The van der Waals surface area contributed by atoms with Gasteiger partial charge in [0.05, 0.1) is 17.8 Å². The first-order chi connectivity index (χ1) is 11.0. The highest BCUT2D eigenvalue weighted by Crippen LogP contribution is 2.21. The van der Waals surface area contributed by atoms with E-state index in [9.17, 15) is 9.59 Å². The molecule has 0 spiro atoms. The number of halogens is 1. The highest BCUT2D eigenvalue weighted by molar-refractivity contribution is 7.15. The summed E-state index contributed by atoms with van der Waals surface area (Å²) in [6, 6.07) is 6.30. The van der Waals surface area contributed by atoms with Crippen LogP contribution in [0.25, 0.3) is 4.96 Å². The number of nitrogens with one attached hydrogen (secondary N) is 1. The molecule has 0 bridgehead atoms. The van der Waals surface area contributed by atoms with Crippen molar-refractivity contribution in [2.24, 2.45) is 5.73 Å². The molecule has 3 N–H and O–H groups in total. The maximum absolute atomic E-state index is 12.1. The Morgan fingerprint density at radius 2 is 2.22 bits per heavy atom. The molecular formula is C15H13ClN4O2S. The smallest absolute Gasteiger partial charge is 0.259 e. The molecule has 0 aliphatic rings. The zero-order valence-corrected chi connectivity index (χ0v) is 13.7. The number of amides is 1. The number of rotatable bonds is 4. The number of carbonyl (C=O) groups is 1. The number of aromatic nitrogens is 2. The molecule has 2 aromatic heterocycles. The van der Waals surface area contributed by atoms with Crippen molar-refractivity contribution >= 4 is 39.5 Å². The van der Waals surface area contributed by atoms with Crippen molar-refractivity contribution in [1.29, 1.82) is 0 Å². The van der Waals surface area contributed by atoms with E-state index >= 15 is 0 Å². The second kappa shape index (κ2) is 6.02. The van der Waals surface area contributed by atoms with E-state index in [4.69, 9.17) is 17.3 Å². The van der Waals surface area contributed by atoms with Crippen LogP contribution in [-0.2, 0) is 6.54 Å². The topological polar surface area (TPSA) is 89.5 Å². The minimum Gasteiger partial charge on any atom is -0.379 e. The van der Waals surface area contributed by atoms with Gasteiger partial charge in [-0.15, -0.1) is 11.3 Å². The Morgan fingerprint density at radius 3 is 2.96 bits per heavy atom. The second-order valence-corrected chi connectivity index (χ2v) is 6.26. The van der Waals surface area contributed by atoms with Crippen LogP contribution in [0, 0.1) is 6.92 Å². The number of aryl methyl sites for hydroxylation is 1. The molecule has 8 heteroatoms. The molecule has 0 radical (unpaired) electrons. The van der Waals surface area contributed by atoms with Crippen LogP contribution >= 0.6 is 22.9 Å². The first-order valence-corrected chi connectivity index (χ1v) is 8.01. The molecule has 0 aliphatic carbocycles. The van der Waals surface area contributed by atoms with Crippen molar-refractivity contribution in [1.82, 2.24) is 9.38 Å². The van der Waals surface area contributed by atoms with Crippen LogP contribution < -0.4 is 16.6 Å². The SMILES string of the molecule is Cc1csc2nc(CNc3ccc(Cl)cc3C(N)=O)cc(=O)n12. The summed E-state index contributed by atoms with van der Waals surface area (Å²) < 4.78 is 1.56. The third-order valence-corrected chi connectivity index (χ3v) is 4.51. The van der Waals surface area contributed by atoms with E-state index in [0.717, 1.165) is 5.69 Å². The minimum absolute atomic E-state index is 0.128. The maximum atomic E-state index is 12.1. The number of nitrogens with two attached hydrogens (primary N) is 1. The van der Waals surface area contributed by atoms with Crippen molar-refractivity contribution in [3.63, 3.8) is 0 Å². The number of anilines is 1. The Hall–Kier alpha value is -2.38. The lowest BCUT2D eigenvalue weighted by molar-refractivity contribution is 0.100. The lowest BCUT2D eigenvalue weighted by atomic mass is 10.1. The molecule has 0 aliphatic heterocycles. The number of carbonyl (C=O) groups excluding carboxylic acids is 1. The monoisotopic (exact) mass is 348 g/mol. The second-order valence-electron chi connectivity index (χ2n) is 4.99. The molecule has 118 valence electrons. The molecule has 0 unspecified atom stereocenters. The van der Waals surface area contributed by atoms with Gasteiger partial charge in [-0.2, -0.15) is 0 Å². The highest BCUT2D eigenvalue weighted by atomic mass is 35.5. The molecule has 1 aromatic carbocycles. The molecule has 3 rings (SSSR count). The number of nitrogens with zero attached hydrogens (tertiary/aromatic N) is 2. The van der Waals surface area contributed by atoms with Gasteiger partial charge in [-0.05, 0) is 25.1 Å². The highest BCUT2D eigenvalue weighted by Gasteiger charge is 2.10. The Morgan fingerprint density at radius 1 is 1.43 bits per heavy atom. The van der Waals surface area contributed by atoms with Crippen LogP contribution in [-0.4, -0.2) is 15.3 Å². The standard InChI is InChI=1S/C15H13ClN4O2S/c1-8-7-23-15-19-10(5-13(21)20(8)15)6-18-12-3-2-9(16)4-11(12)14(17)22/h2-5,7,18H,6H2,1H3,(H2,17,22). The summed E-state index contributed by atoms with van der Waals surface area (Å²) in [6.07, 6.45) is 0. The van der Waals surface area contributed by atoms with Crippen molar-refractivity contribution in [2.45, 2.75) is 13.5 Å². The summed E-state index contributed by atoms with van der Waals surface area (Å²) in [7, 11) is 0. The molecule has 2 heterocycles. The van der Waals surface area contributed by atoms with Gasteiger partial charge in [0.15, 0.2) is 4.96 Å². The van der Waals surface area contributed by atoms with E-state index in [1.165, 1.54) is 23.5 Å². The van der Waals surface area contributed by atoms with Gasteiger partial charge in [0, 0.05) is 27.9 Å². The molecule has 0 saturated heterocycles. The predicted octanol–water partition coefficient (Wildman–Crippen LogP) is 2.43. The number of hydrogen-bond acceptors (Lipinski definition) is 5. The fourth-order valence-electron chi connectivity index (χ4n) is 2.25. The van der Waals surface area contributed by atoms with E-state index in [1.807, 2.05) is 12.3 Å². The van der Waals surface area contributed by atoms with Crippen molar-refractivity contribution < 1.29 is 4.79 Å². The number of primary amides is 1. The number of hydrogen-bond donors (Lipinski definition) is 2. The van der Waals surface area contributed by atoms with Crippen molar-refractivity contribution in [3.05, 3.63) is 62.0 Å². The van der Waals surface area contributed by atoms with Crippen LogP contribution in [0.3, 0.4) is 0 Å². The van der Waals surface area contributed by atoms with E-state index in [2.05, 4.69) is 10.3 Å². The average molecular weight is 349 g/mol. The van der Waals surface area contributed by atoms with E-state index in [0.29, 0.717) is 33.5 Å². The van der Waals surface area contributed by atoms with E-state index < -0.39 is 5.91 Å². The fourth-order valence-corrected chi connectivity index (χ4v) is 3.31. The lowest BCUT2D eigenvalue weighted by Crippen LogP contribution is -2.18. The van der Waals surface area contributed by atoms with E-state index in [-0.39, 0.29) is 5.56 Å². The van der Waals surface area contributed by atoms with Crippen LogP contribution in [0.15, 0.2) is 34.4 Å². The number of benzene rings is 1. The Bertz CT molecular complexity index is 964. The third-order valence-electron chi connectivity index (χ3n) is 3.34. The third kappa shape index (κ3) is 3.06. The van der Waals surface area contributed by atoms with Gasteiger partial charge in [0.25, 0.3) is 11.5 Å². The van der Waals surface area contributed by atoms with Gasteiger partial charge < -0.3 is 11.1 Å². The summed E-state index contributed by atoms with van der Waals surface area (Å²) in [5.41, 5.74) is 7.50. The molecular weight excluding hydrogens is 336 g/mol. The molecule has 0 fully saturated rings. The average Bonchev–Trinajstić information content (AvgIpc) is 2.87. The summed E-state index contributed by atoms with van der Waals surface area (Å²) in [4.78, 5) is 28.7. The Labute approximate surface area is 140 Å². The Balaban J connectivity index is 1.89. The summed E-state index contributed by atoms with van der Waals surface area (Å²) in [5.74, 6) is -0.577. The van der Waals surface area contributed by atoms with Crippen molar-refractivity contribution in [2.75, 3.05) is 5.32 Å². The first-order valence-electron chi connectivity index (χ1n) is 6.75. The summed E-state index contributed by atoms with van der Waals surface area (Å²) in [5, 5.41) is 5.38. The van der Waals surface area contributed by atoms with Gasteiger partial charge in [-0.25, -0.2) is 4.98 Å². The van der Waals surface area contributed by atoms with Gasteiger partial charge in [0.2, 0.25) is 0 Å². The van der Waals surface area contributed by atoms with Crippen LogP contribution in [0.4, 0.5) is 5.69 Å². The summed E-state index contributed by atoms with van der Waals surface area (Å²) in [6.45, 7) is 2.15. The van der Waals surface area contributed by atoms with Crippen LogP contribution in [0.1, 0.15) is 21.7 Å². The lowest BCUT2D eigenvalue weighted by Gasteiger charge is -2.10. The minimum atomic E-state index is -0.577. The van der Waals surface area contributed by atoms with Gasteiger partial charge in [-0.3, -0.25) is 14.0 Å². The van der Waals surface area contributed by atoms with Gasteiger partial charge >= 0.3 is 0 Å². The van der Waals surface area contributed by atoms with E-state index in [1.54, 1.807) is 16.5 Å². The summed E-state index contributed by atoms with van der Waals surface area (Å²) >= 11 is 7.28. The first kappa shape index (κ1) is 15.5. The van der Waals surface area contributed by atoms with Crippen LogP contribution in [0.5, 0.6) is 0 Å². The number of fused-ring (bicyclic) bond motifs is 1.